The van der Waals surface area contributed by atoms with E-state index in [0.29, 0.717) is 45.2 Å². The average Bonchev–Trinajstić information content (AvgIpc) is 2.36. The molecule has 0 atom stereocenters. The molecule has 0 radical (unpaired) electrons. The number of hydrogen-bond acceptors (Lipinski definition) is 4. The van der Waals surface area contributed by atoms with Crippen molar-refractivity contribution >= 4 is 11.8 Å². The fourth-order valence-electron chi connectivity index (χ4n) is 1.83. The van der Waals surface area contributed by atoms with E-state index in [9.17, 15) is 9.59 Å². The van der Waals surface area contributed by atoms with Gasteiger partial charge in [-0.15, -0.1) is 0 Å². The van der Waals surface area contributed by atoms with Gasteiger partial charge in [-0.2, -0.15) is 0 Å². The van der Waals surface area contributed by atoms with Crippen LogP contribution in [0.15, 0.2) is 0 Å². The topological polar surface area (TPSA) is 72.9 Å². The van der Waals surface area contributed by atoms with E-state index in [4.69, 9.17) is 5.11 Å². The Bertz CT molecular complexity index is 286. The Morgan fingerprint density at radius 1 is 1.22 bits per heavy atom. The van der Waals surface area contributed by atoms with Gasteiger partial charge in [-0.05, 0) is 5.92 Å². The summed E-state index contributed by atoms with van der Waals surface area (Å²) in [4.78, 5) is 27.1. The summed E-state index contributed by atoms with van der Waals surface area (Å²) < 4.78 is 0. The standard InChI is InChI=1S/C12H23N3O3/c1-10(2)9-13-11(17)12(18)15-5-3-14(4-6-15)7-8-16/h10,16H,3-9H2,1-2H3,(H,13,17). The first-order valence-electron chi connectivity index (χ1n) is 6.45. The van der Waals surface area contributed by atoms with Crippen LogP contribution in [0.5, 0.6) is 0 Å². The molecular weight excluding hydrogens is 234 g/mol. The molecule has 1 aliphatic heterocycles. The highest BCUT2D eigenvalue weighted by Gasteiger charge is 2.25. The number of aliphatic hydroxyl groups excluding tert-OH is 1. The molecule has 1 saturated heterocycles. The molecule has 0 saturated carbocycles. The third-order valence-electron chi connectivity index (χ3n) is 2.94. The van der Waals surface area contributed by atoms with Crippen LogP contribution in [0.3, 0.4) is 0 Å². The Hall–Kier alpha value is -1.14. The van der Waals surface area contributed by atoms with Gasteiger partial charge in [0, 0.05) is 39.3 Å². The largest absolute Gasteiger partial charge is 0.395 e. The summed E-state index contributed by atoms with van der Waals surface area (Å²) >= 11 is 0. The lowest BCUT2D eigenvalue weighted by molar-refractivity contribution is -0.147. The normalized spacial score (nSPS) is 17.0. The SMILES string of the molecule is CC(C)CNC(=O)C(=O)N1CCN(CCO)CC1. The number of aliphatic hydroxyl groups is 1. The van der Waals surface area contributed by atoms with Crippen molar-refractivity contribution in [2.45, 2.75) is 13.8 Å². The van der Waals surface area contributed by atoms with E-state index >= 15 is 0 Å². The predicted octanol–water partition coefficient (Wildman–Crippen LogP) is -1.10. The Balaban J connectivity index is 2.33. The van der Waals surface area contributed by atoms with Crippen molar-refractivity contribution in [3.63, 3.8) is 0 Å². The van der Waals surface area contributed by atoms with E-state index in [1.165, 1.54) is 0 Å². The van der Waals surface area contributed by atoms with Gasteiger partial charge in [0.05, 0.1) is 6.61 Å². The van der Waals surface area contributed by atoms with Gasteiger partial charge in [-0.3, -0.25) is 14.5 Å². The van der Waals surface area contributed by atoms with Gasteiger partial charge in [0.25, 0.3) is 0 Å². The first kappa shape index (κ1) is 14.9. The smallest absolute Gasteiger partial charge is 0.311 e. The quantitative estimate of drug-likeness (QED) is 0.627. The second-order valence-corrected chi connectivity index (χ2v) is 4.96. The number of amides is 2. The Morgan fingerprint density at radius 2 is 1.83 bits per heavy atom. The molecule has 0 aromatic carbocycles. The zero-order chi connectivity index (χ0) is 13.5. The summed E-state index contributed by atoms with van der Waals surface area (Å²) in [6, 6.07) is 0. The average molecular weight is 257 g/mol. The maximum atomic E-state index is 11.8. The predicted molar refractivity (Wildman–Crippen MR) is 68.0 cm³/mol. The number of nitrogens with zero attached hydrogens (tertiary/aromatic N) is 2. The third kappa shape index (κ3) is 4.62. The van der Waals surface area contributed by atoms with Crippen molar-refractivity contribution in [2.75, 3.05) is 45.9 Å². The number of nitrogens with one attached hydrogen (secondary N) is 1. The number of rotatable bonds is 4. The first-order chi connectivity index (χ1) is 8.54. The summed E-state index contributed by atoms with van der Waals surface area (Å²) in [6.07, 6.45) is 0. The zero-order valence-corrected chi connectivity index (χ0v) is 11.2. The van der Waals surface area contributed by atoms with E-state index in [1.807, 2.05) is 13.8 Å². The van der Waals surface area contributed by atoms with E-state index in [2.05, 4.69) is 10.2 Å². The summed E-state index contributed by atoms with van der Waals surface area (Å²) in [7, 11) is 0. The molecule has 0 aromatic rings. The molecule has 1 aliphatic rings. The van der Waals surface area contributed by atoms with Crippen molar-refractivity contribution in [1.29, 1.82) is 0 Å². The molecule has 2 N–H and O–H groups in total. The molecule has 2 amide bonds. The zero-order valence-electron chi connectivity index (χ0n) is 11.2. The molecule has 1 heterocycles. The van der Waals surface area contributed by atoms with E-state index in [0.717, 1.165) is 0 Å². The highest BCUT2D eigenvalue weighted by molar-refractivity contribution is 6.35. The van der Waals surface area contributed by atoms with Crippen molar-refractivity contribution in [1.82, 2.24) is 15.1 Å². The monoisotopic (exact) mass is 257 g/mol. The van der Waals surface area contributed by atoms with Crippen molar-refractivity contribution in [2.24, 2.45) is 5.92 Å². The number of hydrogen-bond donors (Lipinski definition) is 2. The van der Waals surface area contributed by atoms with Gasteiger partial charge < -0.3 is 15.3 Å². The van der Waals surface area contributed by atoms with Crippen molar-refractivity contribution in [3.05, 3.63) is 0 Å². The minimum absolute atomic E-state index is 0.128. The number of piperazine rings is 1. The molecular formula is C12H23N3O3. The van der Waals surface area contributed by atoms with Crippen molar-refractivity contribution in [3.8, 4) is 0 Å². The molecule has 1 rings (SSSR count). The van der Waals surface area contributed by atoms with Crippen molar-refractivity contribution < 1.29 is 14.7 Å². The second-order valence-electron chi connectivity index (χ2n) is 4.96. The lowest BCUT2D eigenvalue weighted by Gasteiger charge is -2.33. The van der Waals surface area contributed by atoms with Crippen LogP contribution in [0.25, 0.3) is 0 Å². The van der Waals surface area contributed by atoms with Gasteiger partial charge in [0.15, 0.2) is 0 Å². The van der Waals surface area contributed by atoms with Crippen LogP contribution in [-0.2, 0) is 9.59 Å². The Kier molecular flexibility index (Phi) is 6.07. The highest BCUT2D eigenvalue weighted by Crippen LogP contribution is 2.01. The molecule has 1 fully saturated rings. The van der Waals surface area contributed by atoms with E-state index in [-0.39, 0.29) is 6.61 Å². The molecule has 18 heavy (non-hydrogen) atoms. The van der Waals surface area contributed by atoms with Crippen LogP contribution >= 0.6 is 0 Å². The Labute approximate surface area is 108 Å². The van der Waals surface area contributed by atoms with E-state index < -0.39 is 11.8 Å². The molecule has 0 aliphatic carbocycles. The van der Waals surface area contributed by atoms with Gasteiger partial charge >= 0.3 is 11.8 Å². The fraction of sp³-hybridized carbons (Fsp3) is 0.833. The van der Waals surface area contributed by atoms with Crippen LogP contribution in [0.4, 0.5) is 0 Å². The molecule has 6 nitrogen and oxygen atoms in total. The highest BCUT2D eigenvalue weighted by atomic mass is 16.3. The number of β-amino-alcohol motifs (C(OH)–C–C–N with tert-alkyl or cyclic N) is 1. The van der Waals surface area contributed by atoms with Gasteiger partial charge in [-0.25, -0.2) is 0 Å². The minimum Gasteiger partial charge on any atom is -0.395 e. The van der Waals surface area contributed by atoms with Crippen LogP contribution in [0, 0.1) is 5.92 Å². The fourth-order valence-corrected chi connectivity index (χ4v) is 1.83. The number of carbonyl (C=O) groups is 2. The minimum atomic E-state index is -0.515. The summed E-state index contributed by atoms with van der Waals surface area (Å²) in [6.45, 7) is 7.77. The lowest BCUT2D eigenvalue weighted by Crippen LogP contribution is -2.53. The maximum absolute atomic E-state index is 11.8. The van der Waals surface area contributed by atoms with Crippen LogP contribution in [0.2, 0.25) is 0 Å². The van der Waals surface area contributed by atoms with Gasteiger partial charge in [-0.1, -0.05) is 13.8 Å². The van der Waals surface area contributed by atoms with Crippen LogP contribution in [-0.4, -0.2) is 72.6 Å². The van der Waals surface area contributed by atoms with Gasteiger partial charge in [0.2, 0.25) is 0 Å². The van der Waals surface area contributed by atoms with Crippen LogP contribution in [0.1, 0.15) is 13.8 Å². The molecule has 0 bridgehead atoms. The molecule has 6 heteroatoms. The Morgan fingerprint density at radius 3 is 2.33 bits per heavy atom. The van der Waals surface area contributed by atoms with E-state index in [1.54, 1.807) is 4.90 Å². The first-order valence-corrected chi connectivity index (χ1v) is 6.45. The number of carbonyl (C=O) groups excluding carboxylic acids is 2. The van der Waals surface area contributed by atoms with Gasteiger partial charge in [0.1, 0.15) is 0 Å². The lowest BCUT2D eigenvalue weighted by atomic mass is 10.2. The third-order valence-corrected chi connectivity index (χ3v) is 2.94. The maximum Gasteiger partial charge on any atom is 0.311 e. The summed E-state index contributed by atoms with van der Waals surface area (Å²) in [5, 5.41) is 11.4. The second kappa shape index (κ2) is 7.33. The molecule has 0 aromatic heterocycles. The molecule has 104 valence electrons. The molecule has 0 spiro atoms. The summed E-state index contributed by atoms with van der Waals surface area (Å²) in [5.74, 6) is -0.623. The van der Waals surface area contributed by atoms with Crippen LogP contribution < -0.4 is 5.32 Å². The summed E-state index contributed by atoms with van der Waals surface area (Å²) in [5.41, 5.74) is 0. The molecule has 0 unspecified atom stereocenters.